The molecule has 4 N–H and O–H groups in total. The second-order valence-electron chi connectivity index (χ2n) is 10.7. The molecule has 3 fully saturated rings. The van der Waals surface area contributed by atoms with Crippen LogP contribution in [0.5, 0.6) is 0 Å². The number of hydrogen-bond acceptors (Lipinski definition) is 6. The first-order valence-corrected chi connectivity index (χ1v) is 14.1. The van der Waals surface area contributed by atoms with E-state index in [1.54, 1.807) is 12.1 Å². The Balaban J connectivity index is 0.000000483. The van der Waals surface area contributed by atoms with E-state index < -0.39 is 29.0 Å². The van der Waals surface area contributed by atoms with Crippen molar-refractivity contribution in [2.45, 2.75) is 51.1 Å². The number of nitrogens with one attached hydrogen (secondary N) is 2. The third kappa shape index (κ3) is 9.27. The fraction of sp³-hybridized carbons (Fsp3) is 0.571. The number of halogens is 4. The highest BCUT2D eigenvalue weighted by molar-refractivity contribution is 5.96. The Hall–Kier alpha value is -3.48. The highest BCUT2D eigenvalue weighted by Crippen LogP contribution is 2.34. The SMILES string of the molecule is NCCCC1CC1.O=C(NCCC1CC1)Nc1ccc(N2CCN(C(=O)c3c(F)cccc3C(F)(F)F)CC2)nn1. The minimum Gasteiger partial charge on any atom is -0.352 e. The number of rotatable bonds is 9. The molecule has 1 aromatic carbocycles. The van der Waals surface area contributed by atoms with Gasteiger partial charge in [0.15, 0.2) is 11.6 Å². The summed E-state index contributed by atoms with van der Waals surface area (Å²) in [6.45, 7) is 2.24. The van der Waals surface area contributed by atoms with Crippen LogP contribution in [0.25, 0.3) is 0 Å². The van der Waals surface area contributed by atoms with E-state index in [2.05, 4.69) is 20.8 Å². The van der Waals surface area contributed by atoms with Gasteiger partial charge >= 0.3 is 12.2 Å². The van der Waals surface area contributed by atoms with Gasteiger partial charge in [-0.05, 0) is 61.9 Å². The van der Waals surface area contributed by atoms with Gasteiger partial charge in [-0.15, -0.1) is 10.2 Å². The summed E-state index contributed by atoms with van der Waals surface area (Å²) in [6, 6.07) is 5.36. The van der Waals surface area contributed by atoms with Crippen LogP contribution in [-0.2, 0) is 6.18 Å². The zero-order chi connectivity index (χ0) is 29.4. The van der Waals surface area contributed by atoms with Gasteiger partial charge in [0, 0.05) is 32.7 Å². The topological polar surface area (TPSA) is 116 Å². The molecular formula is C28H37F4N7O2. The van der Waals surface area contributed by atoms with E-state index in [0.29, 0.717) is 24.3 Å². The Kier molecular flexibility index (Phi) is 10.4. The largest absolute Gasteiger partial charge is 0.417 e. The van der Waals surface area contributed by atoms with Crippen molar-refractivity contribution in [3.8, 4) is 0 Å². The number of anilines is 2. The number of aromatic nitrogens is 2. The zero-order valence-corrected chi connectivity index (χ0v) is 22.9. The third-order valence-electron chi connectivity index (χ3n) is 7.36. The average molecular weight is 580 g/mol. The van der Waals surface area contributed by atoms with Crippen molar-refractivity contribution in [3.63, 3.8) is 0 Å². The van der Waals surface area contributed by atoms with Crippen LogP contribution in [0.1, 0.15) is 60.9 Å². The Labute approximate surface area is 236 Å². The predicted molar refractivity (Wildman–Crippen MR) is 147 cm³/mol. The number of alkyl halides is 3. The monoisotopic (exact) mass is 579 g/mol. The molecule has 2 saturated carbocycles. The number of hydrogen-bond donors (Lipinski definition) is 3. The first kappa shape index (κ1) is 30.5. The Morgan fingerprint density at radius 1 is 0.951 bits per heavy atom. The molecule has 0 bridgehead atoms. The molecule has 0 unspecified atom stereocenters. The van der Waals surface area contributed by atoms with Crippen LogP contribution in [0.4, 0.5) is 34.0 Å². The van der Waals surface area contributed by atoms with Crippen LogP contribution in [0, 0.1) is 17.7 Å². The number of nitrogens with two attached hydrogens (primary N) is 1. The molecule has 3 aliphatic rings. The molecule has 2 aromatic rings. The number of carbonyl (C=O) groups is 2. The standard InChI is InChI=1S/C22H24F4N6O2.C6H13N/c23-16-3-1-2-15(22(24,25)26)19(16)20(33)32-12-10-31(11-13-32)18-7-6-17(29-30-18)28-21(34)27-9-8-14-4-5-14;7-5-1-2-6-3-4-6/h1-3,6-7,14H,4-5,8-13H2,(H2,27,28,29,34);6H,1-5,7H2. The molecule has 1 saturated heterocycles. The Morgan fingerprint density at radius 3 is 2.22 bits per heavy atom. The van der Waals surface area contributed by atoms with Gasteiger partial charge in [-0.2, -0.15) is 13.2 Å². The second kappa shape index (κ2) is 13.9. The summed E-state index contributed by atoms with van der Waals surface area (Å²) < 4.78 is 53.9. The number of nitrogens with zero attached hydrogens (tertiary/aromatic N) is 4. The molecular weight excluding hydrogens is 542 g/mol. The molecule has 0 atom stereocenters. The number of carbonyl (C=O) groups excluding carboxylic acids is 2. The van der Waals surface area contributed by atoms with Crippen LogP contribution in [0.3, 0.4) is 0 Å². The highest BCUT2D eigenvalue weighted by Gasteiger charge is 2.38. The third-order valence-corrected chi connectivity index (χ3v) is 7.36. The van der Waals surface area contributed by atoms with Crippen molar-refractivity contribution in [2.24, 2.45) is 17.6 Å². The van der Waals surface area contributed by atoms with E-state index in [-0.39, 0.29) is 38.0 Å². The minimum atomic E-state index is -4.84. The molecule has 1 aliphatic heterocycles. The molecule has 9 nitrogen and oxygen atoms in total. The van der Waals surface area contributed by atoms with Crippen LogP contribution in [-0.4, -0.2) is 66.3 Å². The lowest BCUT2D eigenvalue weighted by Gasteiger charge is -2.35. The van der Waals surface area contributed by atoms with Crippen molar-refractivity contribution >= 4 is 23.6 Å². The summed E-state index contributed by atoms with van der Waals surface area (Å²) in [5, 5.41) is 13.4. The van der Waals surface area contributed by atoms with Crippen molar-refractivity contribution in [3.05, 3.63) is 47.3 Å². The van der Waals surface area contributed by atoms with Crippen molar-refractivity contribution in [2.75, 3.05) is 49.5 Å². The fourth-order valence-corrected chi connectivity index (χ4v) is 4.60. The lowest BCUT2D eigenvalue weighted by atomic mass is 10.0. The molecule has 0 radical (unpaired) electrons. The van der Waals surface area contributed by atoms with Crippen LogP contribution in [0.2, 0.25) is 0 Å². The summed E-state index contributed by atoms with van der Waals surface area (Å²) in [5.41, 5.74) is 3.05. The Morgan fingerprint density at radius 2 is 1.63 bits per heavy atom. The van der Waals surface area contributed by atoms with Crippen LogP contribution >= 0.6 is 0 Å². The van der Waals surface area contributed by atoms with E-state index in [9.17, 15) is 27.2 Å². The second-order valence-corrected chi connectivity index (χ2v) is 10.7. The van der Waals surface area contributed by atoms with Crippen molar-refractivity contribution in [1.29, 1.82) is 0 Å². The predicted octanol–water partition coefficient (Wildman–Crippen LogP) is 4.65. The maximum absolute atomic E-state index is 14.2. The van der Waals surface area contributed by atoms with Crippen LogP contribution < -0.4 is 21.3 Å². The highest BCUT2D eigenvalue weighted by atomic mass is 19.4. The summed E-state index contributed by atoms with van der Waals surface area (Å²) in [5.74, 6) is 0.364. The summed E-state index contributed by atoms with van der Waals surface area (Å²) >= 11 is 0. The first-order chi connectivity index (χ1) is 19.7. The molecule has 224 valence electrons. The zero-order valence-electron chi connectivity index (χ0n) is 22.9. The van der Waals surface area contributed by atoms with Gasteiger partial charge in [0.25, 0.3) is 5.91 Å². The number of urea groups is 1. The molecule has 5 rings (SSSR count). The molecule has 3 amide bonds. The summed E-state index contributed by atoms with van der Waals surface area (Å²) in [6.07, 6.45) is 4.13. The van der Waals surface area contributed by atoms with E-state index in [1.165, 1.54) is 43.4 Å². The summed E-state index contributed by atoms with van der Waals surface area (Å²) in [4.78, 5) is 27.6. The fourth-order valence-electron chi connectivity index (χ4n) is 4.60. The molecule has 2 aliphatic carbocycles. The van der Waals surface area contributed by atoms with Gasteiger partial charge in [0.1, 0.15) is 5.82 Å². The van der Waals surface area contributed by atoms with Gasteiger partial charge in [-0.25, -0.2) is 9.18 Å². The van der Waals surface area contributed by atoms with E-state index in [1.807, 2.05) is 4.90 Å². The van der Waals surface area contributed by atoms with Gasteiger partial charge in [-0.1, -0.05) is 31.7 Å². The normalized spacial score (nSPS) is 17.0. The lowest BCUT2D eigenvalue weighted by Crippen LogP contribution is -2.49. The lowest BCUT2D eigenvalue weighted by molar-refractivity contribution is -0.138. The average Bonchev–Trinajstić information content (AvgIpc) is 3.88. The molecule has 13 heteroatoms. The number of benzene rings is 1. The molecule has 2 heterocycles. The molecule has 0 spiro atoms. The maximum atomic E-state index is 14.2. The van der Waals surface area contributed by atoms with E-state index >= 15 is 0 Å². The molecule has 1 aromatic heterocycles. The van der Waals surface area contributed by atoms with Crippen molar-refractivity contribution in [1.82, 2.24) is 20.4 Å². The maximum Gasteiger partial charge on any atom is 0.417 e. The van der Waals surface area contributed by atoms with E-state index in [0.717, 1.165) is 31.0 Å². The quantitative estimate of drug-likeness (QED) is 0.373. The number of piperazine rings is 1. The van der Waals surface area contributed by atoms with E-state index in [4.69, 9.17) is 5.73 Å². The Bertz CT molecular complexity index is 1160. The summed E-state index contributed by atoms with van der Waals surface area (Å²) in [7, 11) is 0. The smallest absolute Gasteiger partial charge is 0.352 e. The van der Waals surface area contributed by atoms with Gasteiger partial charge < -0.3 is 20.9 Å². The minimum absolute atomic E-state index is 0.0928. The number of amides is 3. The molecule has 41 heavy (non-hydrogen) atoms. The van der Waals surface area contributed by atoms with Crippen LogP contribution in [0.15, 0.2) is 30.3 Å². The van der Waals surface area contributed by atoms with Gasteiger partial charge in [0.2, 0.25) is 0 Å². The van der Waals surface area contributed by atoms with Crippen molar-refractivity contribution < 1.29 is 27.2 Å². The van der Waals surface area contributed by atoms with Gasteiger partial charge in [-0.3, -0.25) is 10.1 Å². The van der Waals surface area contributed by atoms with Gasteiger partial charge in [0.05, 0.1) is 11.1 Å². The first-order valence-electron chi connectivity index (χ1n) is 14.1.